The molecule has 0 bridgehead atoms. The fourth-order valence-electron chi connectivity index (χ4n) is 2.61. The average molecular weight is 267 g/mol. The summed E-state index contributed by atoms with van der Waals surface area (Å²) in [6, 6.07) is 6.39. The normalized spacial score (nSPS) is 22.4. The molecule has 0 radical (unpaired) electrons. The van der Waals surface area contributed by atoms with Gasteiger partial charge in [0.2, 0.25) is 0 Å². The van der Waals surface area contributed by atoms with E-state index in [1.807, 2.05) is 13.8 Å². The van der Waals surface area contributed by atoms with E-state index in [1.54, 1.807) is 0 Å². The van der Waals surface area contributed by atoms with Gasteiger partial charge in [0.05, 0.1) is 11.5 Å². The molecule has 1 aliphatic carbocycles. The molecular formula is C16H23ClO. The van der Waals surface area contributed by atoms with Gasteiger partial charge in [-0.25, -0.2) is 0 Å². The minimum absolute atomic E-state index is 0.105. The Balaban J connectivity index is 2.29. The summed E-state index contributed by atoms with van der Waals surface area (Å²) in [5.41, 5.74) is 2.97. The number of alkyl halides is 1. The number of hydrogen-bond acceptors (Lipinski definition) is 1. The van der Waals surface area contributed by atoms with Crippen molar-refractivity contribution in [3.63, 3.8) is 0 Å². The van der Waals surface area contributed by atoms with Gasteiger partial charge in [0.15, 0.2) is 0 Å². The molecule has 2 rings (SSSR count). The zero-order valence-electron chi connectivity index (χ0n) is 11.8. The van der Waals surface area contributed by atoms with Crippen LogP contribution in [0.1, 0.15) is 57.0 Å². The SMILES string of the molecule is CC(C)Oc1ccc2c(c1)C(Cl)CC(C)(C)CC2. The summed E-state index contributed by atoms with van der Waals surface area (Å²) < 4.78 is 5.76. The summed E-state index contributed by atoms with van der Waals surface area (Å²) in [6.07, 6.45) is 3.56. The first kappa shape index (κ1) is 13.7. The van der Waals surface area contributed by atoms with Crippen molar-refractivity contribution in [1.29, 1.82) is 0 Å². The van der Waals surface area contributed by atoms with Crippen LogP contribution < -0.4 is 4.74 Å². The highest BCUT2D eigenvalue weighted by molar-refractivity contribution is 6.21. The number of halogens is 1. The van der Waals surface area contributed by atoms with E-state index < -0.39 is 0 Å². The Morgan fingerprint density at radius 2 is 2.06 bits per heavy atom. The van der Waals surface area contributed by atoms with E-state index >= 15 is 0 Å². The number of fused-ring (bicyclic) bond motifs is 1. The lowest BCUT2D eigenvalue weighted by atomic mass is 9.84. The Bertz CT molecular complexity index is 423. The fourth-order valence-corrected chi connectivity index (χ4v) is 3.23. The van der Waals surface area contributed by atoms with E-state index in [2.05, 4.69) is 32.0 Å². The average Bonchev–Trinajstić information content (AvgIpc) is 2.35. The fraction of sp³-hybridized carbons (Fsp3) is 0.625. The van der Waals surface area contributed by atoms with Crippen molar-refractivity contribution in [3.8, 4) is 5.75 Å². The number of benzene rings is 1. The molecule has 1 aromatic rings. The van der Waals surface area contributed by atoms with Gasteiger partial charge in [0.1, 0.15) is 5.75 Å². The van der Waals surface area contributed by atoms with Crippen LogP contribution in [-0.4, -0.2) is 6.10 Å². The second-order valence-corrected chi connectivity index (χ2v) is 6.89. The van der Waals surface area contributed by atoms with Crippen LogP contribution in [-0.2, 0) is 6.42 Å². The van der Waals surface area contributed by atoms with E-state index in [0.717, 1.165) is 18.6 Å². The Hall–Kier alpha value is -0.690. The minimum Gasteiger partial charge on any atom is -0.491 e. The molecule has 2 heteroatoms. The molecule has 1 aromatic carbocycles. The van der Waals surface area contributed by atoms with Crippen LogP contribution in [0.5, 0.6) is 5.75 Å². The molecule has 0 heterocycles. The van der Waals surface area contributed by atoms with Gasteiger partial charge in [-0.05, 0) is 61.8 Å². The lowest BCUT2D eigenvalue weighted by Crippen LogP contribution is -2.11. The third-order valence-corrected chi connectivity index (χ3v) is 4.02. The lowest BCUT2D eigenvalue weighted by Gasteiger charge is -2.23. The highest BCUT2D eigenvalue weighted by Crippen LogP contribution is 2.43. The molecule has 0 spiro atoms. The number of rotatable bonds is 2. The molecule has 0 saturated carbocycles. The minimum atomic E-state index is 0.105. The maximum absolute atomic E-state index is 6.59. The highest BCUT2D eigenvalue weighted by atomic mass is 35.5. The van der Waals surface area contributed by atoms with Gasteiger partial charge >= 0.3 is 0 Å². The van der Waals surface area contributed by atoms with Crippen molar-refractivity contribution < 1.29 is 4.74 Å². The van der Waals surface area contributed by atoms with Crippen LogP contribution >= 0.6 is 11.6 Å². The van der Waals surface area contributed by atoms with Crippen LogP contribution in [0, 0.1) is 5.41 Å². The van der Waals surface area contributed by atoms with Gasteiger partial charge in [0.25, 0.3) is 0 Å². The summed E-state index contributed by atoms with van der Waals surface area (Å²) in [6.45, 7) is 8.71. The van der Waals surface area contributed by atoms with Gasteiger partial charge in [-0.15, -0.1) is 11.6 Å². The predicted octanol–water partition coefficient (Wildman–Crippen LogP) is 5.12. The molecular weight excluding hydrogens is 244 g/mol. The topological polar surface area (TPSA) is 9.23 Å². The van der Waals surface area contributed by atoms with Crippen molar-refractivity contribution in [2.24, 2.45) is 5.41 Å². The first-order valence-corrected chi connectivity index (χ1v) is 7.24. The van der Waals surface area contributed by atoms with E-state index in [0.29, 0.717) is 5.41 Å². The molecule has 18 heavy (non-hydrogen) atoms. The summed E-state index contributed by atoms with van der Waals surface area (Å²) >= 11 is 6.59. The van der Waals surface area contributed by atoms with Crippen LogP contribution in [0.3, 0.4) is 0 Å². The van der Waals surface area contributed by atoms with Gasteiger partial charge in [-0.3, -0.25) is 0 Å². The summed E-state index contributed by atoms with van der Waals surface area (Å²) in [7, 11) is 0. The van der Waals surface area contributed by atoms with Crippen molar-refractivity contribution in [1.82, 2.24) is 0 Å². The van der Waals surface area contributed by atoms with E-state index in [9.17, 15) is 0 Å². The van der Waals surface area contributed by atoms with Gasteiger partial charge < -0.3 is 4.74 Å². The Morgan fingerprint density at radius 3 is 2.72 bits per heavy atom. The molecule has 0 saturated heterocycles. The predicted molar refractivity (Wildman–Crippen MR) is 77.5 cm³/mol. The molecule has 0 fully saturated rings. The maximum atomic E-state index is 6.59. The highest BCUT2D eigenvalue weighted by Gasteiger charge is 2.28. The largest absolute Gasteiger partial charge is 0.491 e. The second-order valence-electron chi connectivity index (χ2n) is 6.36. The van der Waals surface area contributed by atoms with Crippen molar-refractivity contribution >= 4 is 11.6 Å². The van der Waals surface area contributed by atoms with E-state index in [1.165, 1.54) is 17.5 Å². The van der Waals surface area contributed by atoms with Crippen molar-refractivity contribution in [2.75, 3.05) is 0 Å². The molecule has 0 aromatic heterocycles. The quantitative estimate of drug-likeness (QED) is 0.533. The van der Waals surface area contributed by atoms with Gasteiger partial charge in [-0.1, -0.05) is 19.9 Å². The van der Waals surface area contributed by atoms with E-state index in [4.69, 9.17) is 16.3 Å². The Kier molecular flexibility index (Phi) is 3.91. The van der Waals surface area contributed by atoms with Crippen LogP contribution in [0.25, 0.3) is 0 Å². The smallest absolute Gasteiger partial charge is 0.120 e. The third-order valence-electron chi connectivity index (χ3n) is 3.63. The monoisotopic (exact) mass is 266 g/mol. The number of hydrogen-bond donors (Lipinski definition) is 0. The number of ether oxygens (including phenoxy) is 1. The molecule has 1 aliphatic rings. The Morgan fingerprint density at radius 1 is 1.33 bits per heavy atom. The maximum Gasteiger partial charge on any atom is 0.120 e. The first-order valence-electron chi connectivity index (χ1n) is 6.81. The molecule has 1 unspecified atom stereocenters. The second kappa shape index (κ2) is 5.13. The summed E-state index contributed by atoms with van der Waals surface area (Å²) in [5, 5.41) is 0.105. The van der Waals surface area contributed by atoms with Gasteiger partial charge in [0, 0.05) is 0 Å². The summed E-state index contributed by atoms with van der Waals surface area (Å²) in [5.74, 6) is 0.939. The van der Waals surface area contributed by atoms with Crippen molar-refractivity contribution in [2.45, 2.75) is 58.4 Å². The molecule has 1 nitrogen and oxygen atoms in total. The standard InChI is InChI=1S/C16H23ClO/c1-11(2)18-13-6-5-12-7-8-16(3,4)10-15(17)14(12)9-13/h5-6,9,11,15H,7-8,10H2,1-4H3. The van der Waals surface area contributed by atoms with Crippen LogP contribution in [0.15, 0.2) is 18.2 Å². The molecule has 1 atom stereocenters. The van der Waals surface area contributed by atoms with Crippen molar-refractivity contribution in [3.05, 3.63) is 29.3 Å². The van der Waals surface area contributed by atoms with E-state index in [-0.39, 0.29) is 11.5 Å². The molecule has 0 amide bonds. The molecule has 0 aliphatic heterocycles. The Labute approximate surface area is 115 Å². The number of aryl methyl sites for hydroxylation is 1. The van der Waals surface area contributed by atoms with Crippen LogP contribution in [0.2, 0.25) is 0 Å². The molecule has 100 valence electrons. The molecule has 0 N–H and O–H groups in total. The summed E-state index contributed by atoms with van der Waals surface area (Å²) in [4.78, 5) is 0. The van der Waals surface area contributed by atoms with Crippen LogP contribution in [0.4, 0.5) is 0 Å². The zero-order chi connectivity index (χ0) is 13.3. The first-order chi connectivity index (χ1) is 8.37. The van der Waals surface area contributed by atoms with Gasteiger partial charge in [-0.2, -0.15) is 0 Å². The lowest BCUT2D eigenvalue weighted by molar-refractivity contribution is 0.242. The third kappa shape index (κ3) is 3.20. The zero-order valence-corrected chi connectivity index (χ0v) is 12.6.